The molecule has 0 aliphatic heterocycles. The van der Waals surface area contributed by atoms with Crippen molar-refractivity contribution in [3.63, 3.8) is 0 Å². The molecule has 100 valence electrons. The highest BCUT2D eigenvalue weighted by Gasteiger charge is 2.15. The van der Waals surface area contributed by atoms with Crippen LogP contribution in [0.3, 0.4) is 0 Å². The first-order chi connectivity index (χ1) is 9.12. The number of hydrogen-bond donors (Lipinski definition) is 0. The molecule has 0 spiro atoms. The maximum Gasteiger partial charge on any atom is 0.230 e. The third kappa shape index (κ3) is 3.75. The summed E-state index contributed by atoms with van der Waals surface area (Å²) in [5.41, 5.74) is 0.990. The van der Waals surface area contributed by atoms with Gasteiger partial charge in [-0.25, -0.2) is 8.42 Å². The second kappa shape index (κ2) is 6.12. The van der Waals surface area contributed by atoms with E-state index in [1.807, 2.05) is 30.3 Å². The fourth-order valence-corrected chi connectivity index (χ4v) is 4.23. The predicted octanol–water partition coefficient (Wildman–Crippen LogP) is 3.32. The SMILES string of the molecule is COc1ccc(S(=O)(=O)SCc2ccccc2)cc1. The Kier molecular flexibility index (Phi) is 4.50. The van der Waals surface area contributed by atoms with Crippen molar-refractivity contribution in [2.24, 2.45) is 0 Å². The zero-order chi connectivity index (χ0) is 13.7. The van der Waals surface area contributed by atoms with Crippen LogP contribution in [0.15, 0.2) is 59.5 Å². The molecule has 0 N–H and O–H groups in total. The van der Waals surface area contributed by atoms with Gasteiger partial charge < -0.3 is 4.74 Å². The Morgan fingerprint density at radius 3 is 2.21 bits per heavy atom. The second-order valence-corrected chi connectivity index (χ2v) is 7.81. The average Bonchev–Trinajstić information content (AvgIpc) is 2.46. The van der Waals surface area contributed by atoms with Crippen LogP contribution in [0.25, 0.3) is 0 Å². The van der Waals surface area contributed by atoms with Gasteiger partial charge in [0.25, 0.3) is 0 Å². The first-order valence-corrected chi connectivity index (χ1v) is 8.68. The van der Waals surface area contributed by atoms with Gasteiger partial charge in [0.05, 0.1) is 12.0 Å². The van der Waals surface area contributed by atoms with Gasteiger partial charge in [-0.15, -0.1) is 0 Å². The summed E-state index contributed by atoms with van der Waals surface area (Å²) < 4.78 is 29.3. The average molecular weight is 294 g/mol. The van der Waals surface area contributed by atoms with Crippen LogP contribution in [0.4, 0.5) is 0 Å². The van der Waals surface area contributed by atoms with Crippen LogP contribution in [0.5, 0.6) is 5.75 Å². The van der Waals surface area contributed by atoms with Crippen molar-refractivity contribution in [1.29, 1.82) is 0 Å². The minimum atomic E-state index is -3.32. The molecule has 0 saturated carbocycles. The van der Waals surface area contributed by atoms with E-state index in [9.17, 15) is 8.42 Å². The van der Waals surface area contributed by atoms with Crippen molar-refractivity contribution < 1.29 is 13.2 Å². The summed E-state index contributed by atoms with van der Waals surface area (Å²) in [6.07, 6.45) is 0. The molecule has 19 heavy (non-hydrogen) atoms. The molecule has 2 aromatic carbocycles. The highest BCUT2D eigenvalue weighted by molar-refractivity contribution is 8.71. The van der Waals surface area contributed by atoms with Gasteiger partial charge in [0, 0.05) is 5.75 Å². The standard InChI is InChI=1S/C14H14O3S2/c1-17-13-7-9-14(10-8-13)19(15,16)18-11-12-5-3-2-4-6-12/h2-10H,11H2,1H3. The third-order valence-corrected chi connectivity index (χ3v) is 6.04. The summed E-state index contributed by atoms with van der Waals surface area (Å²) in [5, 5.41) is 0. The van der Waals surface area contributed by atoms with Crippen molar-refractivity contribution in [2.75, 3.05) is 7.11 Å². The Bertz CT molecular complexity index is 620. The molecule has 2 aromatic rings. The van der Waals surface area contributed by atoms with Crippen molar-refractivity contribution in [3.8, 4) is 5.75 Å². The molecule has 0 aliphatic carbocycles. The highest BCUT2D eigenvalue weighted by atomic mass is 33.1. The fourth-order valence-electron chi connectivity index (χ4n) is 1.53. The first kappa shape index (κ1) is 14.0. The molecule has 2 rings (SSSR count). The van der Waals surface area contributed by atoms with Gasteiger partial charge in [-0.3, -0.25) is 0 Å². The maximum atomic E-state index is 12.1. The van der Waals surface area contributed by atoms with E-state index in [4.69, 9.17) is 4.74 Å². The Morgan fingerprint density at radius 2 is 1.63 bits per heavy atom. The van der Waals surface area contributed by atoms with Crippen molar-refractivity contribution in [1.82, 2.24) is 0 Å². The minimum Gasteiger partial charge on any atom is -0.497 e. The molecule has 3 nitrogen and oxygen atoms in total. The van der Waals surface area contributed by atoms with Gasteiger partial charge >= 0.3 is 0 Å². The lowest BCUT2D eigenvalue weighted by atomic mass is 10.2. The van der Waals surface area contributed by atoms with Gasteiger partial charge in [-0.1, -0.05) is 30.3 Å². The summed E-state index contributed by atoms with van der Waals surface area (Å²) in [7, 11) is -0.843. The first-order valence-electron chi connectivity index (χ1n) is 5.69. The van der Waals surface area contributed by atoms with E-state index >= 15 is 0 Å². The Labute approximate surface area is 116 Å². The molecule has 0 unspecified atom stereocenters. The van der Waals surface area contributed by atoms with E-state index in [-0.39, 0.29) is 0 Å². The maximum absolute atomic E-state index is 12.1. The van der Waals surface area contributed by atoms with Gasteiger partial charge in [0.1, 0.15) is 5.75 Å². The van der Waals surface area contributed by atoms with Crippen LogP contribution in [0.2, 0.25) is 0 Å². The zero-order valence-corrected chi connectivity index (χ0v) is 12.1. The van der Waals surface area contributed by atoms with E-state index in [0.717, 1.165) is 16.4 Å². The molecule has 5 heteroatoms. The van der Waals surface area contributed by atoms with Crippen LogP contribution >= 0.6 is 10.8 Å². The molecule has 0 amide bonds. The summed E-state index contributed by atoms with van der Waals surface area (Å²) >= 11 is 0. The zero-order valence-electron chi connectivity index (χ0n) is 10.4. The summed E-state index contributed by atoms with van der Waals surface area (Å²) in [5.74, 6) is 1.09. The molecule has 0 aliphatic rings. The van der Waals surface area contributed by atoms with Crippen LogP contribution in [-0.4, -0.2) is 15.5 Å². The molecule has 0 aromatic heterocycles. The predicted molar refractivity (Wildman–Crippen MR) is 77.9 cm³/mol. The van der Waals surface area contributed by atoms with E-state index in [1.165, 1.54) is 0 Å². The molecule has 0 radical (unpaired) electrons. The number of hydrogen-bond acceptors (Lipinski definition) is 4. The Hall–Kier alpha value is -1.46. The summed E-state index contributed by atoms with van der Waals surface area (Å²) in [4.78, 5) is 0.300. The summed E-state index contributed by atoms with van der Waals surface area (Å²) in [6, 6.07) is 16.0. The lowest BCUT2D eigenvalue weighted by molar-refractivity contribution is 0.414. The van der Waals surface area contributed by atoms with E-state index in [2.05, 4.69) is 0 Å². The van der Waals surface area contributed by atoms with Crippen molar-refractivity contribution in [2.45, 2.75) is 10.6 Å². The van der Waals surface area contributed by atoms with Crippen molar-refractivity contribution in [3.05, 3.63) is 60.2 Å². The third-order valence-electron chi connectivity index (χ3n) is 2.57. The van der Waals surface area contributed by atoms with E-state index < -0.39 is 8.87 Å². The van der Waals surface area contributed by atoms with Crippen LogP contribution < -0.4 is 4.74 Å². The van der Waals surface area contributed by atoms with Crippen LogP contribution in [0.1, 0.15) is 5.56 Å². The number of ether oxygens (including phenoxy) is 1. The molecule has 0 atom stereocenters. The van der Waals surface area contributed by atoms with Gasteiger partial charge in [0.2, 0.25) is 8.87 Å². The number of methoxy groups -OCH3 is 1. The molecular weight excluding hydrogens is 280 g/mol. The largest absolute Gasteiger partial charge is 0.497 e. The second-order valence-electron chi connectivity index (χ2n) is 3.88. The van der Waals surface area contributed by atoms with E-state index in [0.29, 0.717) is 16.4 Å². The lowest BCUT2D eigenvalue weighted by Crippen LogP contribution is -1.96. The number of benzene rings is 2. The Morgan fingerprint density at radius 1 is 1.00 bits per heavy atom. The topological polar surface area (TPSA) is 43.4 Å². The van der Waals surface area contributed by atoms with Crippen molar-refractivity contribution >= 4 is 19.7 Å². The molecule has 0 fully saturated rings. The molecular formula is C14H14O3S2. The lowest BCUT2D eigenvalue weighted by Gasteiger charge is -2.05. The fraction of sp³-hybridized carbons (Fsp3) is 0.143. The molecule has 0 bridgehead atoms. The monoisotopic (exact) mass is 294 g/mol. The smallest absolute Gasteiger partial charge is 0.230 e. The normalized spacial score (nSPS) is 11.2. The van der Waals surface area contributed by atoms with Crippen LogP contribution in [-0.2, 0) is 14.6 Å². The number of rotatable bonds is 5. The van der Waals surface area contributed by atoms with Gasteiger partial charge in [-0.2, -0.15) is 0 Å². The minimum absolute atomic E-state index is 0.300. The molecule has 0 heterocycles. The quantitative estimate of drug-likeness (QED) is 0.793. The van der Waals surface area contributed by atoms with Gasteiger partial charge in [-0.05, 0) is 40.6 Å². The van der Waals surface area contributed by atoms with E-state index in [1.54, 1.807) is 31.4 Å². The highest BCUT2D eigenvalue weighted by Crippen LogP contribution is 2.27. The Balaban J connectivity index is 2.09. The summed E-state index contributed by atoms with van der Waals surface area (Å²) in [6.45, 7) is 0. The van der Waals surface area contributed by atoms with Crippen LogP contribution in [0, 0.1) is 0 Å². The van der Waals surface area contributed by atoms with Gasteiger partial charge in [0.15, 0.2) is 0 Å². The molecule has 0 saturated heterocycles.